The number of ether oxygens (including phenoxy) is 1. The van der Waals surface area contributed by atoms with Crippen LogP contribution in [0.3, 0.4) is 0 Å². The molecule has 0 radical (unpaired) electrons. The van der Waals surface area contributed by atoms with Gasteiger partial charge < -0.3 is 15.4 Å². The second-order valence-corrected chi connectivity index (χ2v) is 5.99. The molecule has 2 heterocycles. The molecule has 2 aromatic heterocycles. The number of carbonyl (C=O) groups excluding carboxylic acids is 2. The van der Waals surface area contributed by atoms with E-state index < -0.39 is 5.91 Å². The minimum Gasteiger partial charge on any atom is -0.385 e. The molecule has 1 aromatic carbocycles. The van der Waals surface area contributed by atoms with Gasteiger partial charge in [0.15, 0.2) is 5.69 Å². The van der Waals surface area contributed by atoms with Crippen LogP contribution in [0.25, 0.3) is 5.52 Å². The molecule has 0 aliphatic carbocycles. The molecule has 0 aliphatic rings. The number of pyridine rings is 1. The lowest BCUT2D eigenvalue weighted by molar-refractivity contribution is 0.0937. The summed E-state index contributed by atoms with van der Waals surface area (Å²) in [6, 6.07) is 13.8. The number of fused-ring (bicyclic) bond motifs is 1. The van der Waals surface area contributed by atoms with E-state index >= 15 is 0 Å². The number of hydrogen-bond acceptors (Lipinski definition) is 5. The first-order valence-corrected chi connectivity index (χ1v) is 8.70. The first-order valence-electron chi connectivity index (χ1n) is 8.70. The van der Waals surface area contributed by atoms with Crippen molar-refractivity contribution in [3.8, 4) is 6.07 Å². The largest absolute Gasteiger partial charge is 0.385 e. The summed E-state index contributed by atoms with van der Waals surface area (Å²) < 4.78 is 6.54. The zero-order chi connectivity index (χ0) is 19.9. The molecule has 2 amide bonds. The summed E-state index contributed by atoms with van der Waals surface area (Å²) in [5.41, 5.74) is 1.55. The van der Waals surface area contributed by atoms with Crippen molar-refractivity contribution in [3.05, 3.63) is 65.7 Å². The summed E-state index contributed by atoms with van der Waals surface area (Å²) in [5.74, 6) is -0.705. The number of nitrogens with one attached hydrogen (secondary N) is 2. The highest BCUT2D eigenvalue weighted by molar-refractivity contribution is 6.09. The van der Waals surface area contributed by atoms with Crippen molar-refractivity contribution in [3.63, 3.8) is 0 Å². The van der Waals surface area contributed by atoms with Crippen molar-refractivity contribution < 1.29 is 14.3 Å². The average Bonchev–Trinajstić information content (AvgIpc) is 3.11. The molecule has 0 aliphatic heterocycles. The summed E-state index contributed by atoms with van der Waals surface area (Å²) in [6.07, 6.45) is 2.35. The van der Waals surface area contributed by atoms with E-state index in [0.29, 0.717) is 36.3 Å². The number of nitrogens with zero attached hydrogens (tertiary/aromatic N) is 3. The Kier molecular flexibility index (Phi) is 5.99. The van der Waals surface area contributed by atoms with Crippen molar-refractivity contribution in [2.45, 2.75) is 6.42 Å². The Bertz CT molecular complexity index is 1050. The summed E-state index contributed by atoms with van der Waals surface area (Å²) >= 11 is 0. The van der Waals surface area contributed by atoms with Gasteiger partial charge in [-0.2, -0.15) is 5.26 Å². The highest BCUT2D eigenvalue weighted by Crippen LogP contribution is 2.16. The van der Waals surface area contributed by atoms with Gasteiger partial charge in [-0.15, -0.1) is 0 Å². The van der Waals surface area contributed by atoms with Crippen LogP contribution in [0.2, 0.25) is 0 Å². The zero-order valence-electron chi connectivity index (χ0n) is 15.3. The molecule has 2 N–H and O–H groups in total. The lowest BCUT2D eigenvalue weighted by atomic mass is 10.2. The lowest BCUT2D eigenvalue weighted by Crippen LogP contribution is -2.27. The molecule has 0 bridgehead atoms. The van der Waals surface area contributed by atoms with Crippen molar-refractivity contribution in [2.24, 2.45) is 0 Å². The second-order valence-electron chi connectivity index (χ2n) is 5.99. The summed E-state index contributed by atoms with van der Waals surface area (Å²) in [5, 5.41) is 14.5. The van der Waals surface area contributed by atoms with Gasteiger partial charge in [-0.3, -0.25) is 14.0 Å². The van der Waals surface area contributed by atoms with Crippen molar-refractivity contribution in [1.82, 2.24) is 14.7 Å². The van der Waals surface area contributed by atoms with Crippen molar-refractivity contribution >= 4 is 23.0 Å². The molecule has 3 rings (SSSR count). The lowest BCUT2D eigenvalue weighted by Gasteiger charge is -2.03. The maximum absolute atomic E-state index is 12.7. The fourth-order valence-corrected chi connectivity index (χ4v) is 2.72. The molecule has 3 aromatic rings. The second kappa shape index (κ2) is 8.79. The van der Waals surface area contributed by atoms with Crippen LogP contribution in [-0.4, -0.2) is 41.5 Å². The SMILES string of the molecule is COCCCNC(=O)c1nc(C(=O)Nc2cccc(C#N)c2)c2ccccn12. The van der Waals surface area contributed by atoms with Crippen LogP contribution in [0.1, 0.15) is 33.1 Å². The zero-order valence-corrected chi connectivity index (χ0v) is 15.3. The predicted molar refractivity (Wildman–Crippen MR) is 103 cm³/mol. The van der Waals surface area contributed by atoms with E-state index in [1.54, 1.807) is 60.2 Å². The van der Waals surface area contributed by atoms with Gasteiger partial charge in [-0.25, -0.2) is 4.98 Å². The monoisotopic (exact) mass is 377 g/mol. The Hall–Kier alpha value is -3.70. The fourth-order valence-electron chi connectivity index (χ4n) is 2.72. The maximum Gasteiger partial charge on any atom is 0.287 e. The topological polar surface area (TPSA) is 109 Å². The van der Waals surface area contributed by atoms with Gasteiger partial charge in [0, 0.05) is 32.1 Å². The third-order valence-electron chi connectivity index (χ3n) is 4.03. The molecule has 8 heteroatoms. The molecular weight excluding hydrogens is 358 g/mol. The molecule has 8 nitrogen and oxygen atoms in total. The first-order chi connectivity index (χ1) is 13.6. The first kappa shape index (κ1) is 19.1. The number of rotatable bonds is 7. The number of nitriles is 1. The van der Waals surface area contributed by atoms with Crippen LogP contribution in [0.5, 0.6) is 0 Å². The van der Waals surface area contributed by atoms with Crippen LogP contribution in [0.4, 0.5) is 5.69 Å². The minimum absolute atomic E-state index is 0.129. The number of imidazole rings is 1. The highest BCUT2D eigenvalue weighted by Gasteiger charge is 2.21. The molecule has 0 unspecified atom stereocenters. The molecular formula is C20H19N5O3. The normalized spacial score (nSPS) is 10.4. The maximum atomic E-state index is 12.7. The fraction of sp³-hybridized carbons (Fsp3) is 0.200. The number of methoxy groups -OCH3 is 1. The third kappa shape index (κ3) is 4.16. The van der Waals surface area contributed by atoms with Gasteiger partial charge in [0.1, 0.15) is 0 Å². The van der Waals surface area contributed by atoms with Gasteiger partial charge in [0.05, 0.1) is 17.1 Å². The van der Waals surface area contributed by atoms with Gasteiger partial charge in [0.2, 0.25) is 5.82 Å². The Morgan fingerprint density at radius 1 is 1.21 bits per heavy atom. The highest BCUT2D eigenvalue weighted by atomic mass is 16.5. The van der Waals surface area contributed by atoms with E-state index in [2.05, 4.69) is 15.6 Å². The van der Waals surface area contributed by atoms with Crippen LogP contribution >= 0.6 is 0 Å². The summed E-state index contributed by atoms with van der Waals surface area (Å²) in [6.45, 7) is 0.981. The molecule has 0 saturated heterocycles. The van der Waals surface area contributed by atoms with Crippen LogP contribution in [0.15, 0.2) is 48.7 Å². The minimum atomic E-state index is -0.461. The van der Waals surface area contributed by atoms with Crippen LogP contribution < -0.4 is 10.6 Å². The smallest absolute Gasteiger partial charge is 0.287 e. The Labute approximate surface area is 161 Å². The Balaban J connectivity index is 1.86. The van der Waals surface area contributed by atoms with Crippen LogP contribution in [-0.2, 0) is 4.74 Å². The number of benzene rings is 1. The van der Waals surface area contributed by atoms with E-state index in [4.69, 9.17) is 10.00 Å². The number of carbonyl (C=O) groups is 2. The molecule has 0 spiro atoms. The molecule has 0 atom stereocenters. The number of amides is 2. The number of aromatic nitrogens is 2. The van der Waals surface area contributed by atoms with Crippen LogP contribution in [0, 0.1) is 11.3 Å². The standard InChI is InChI=1S/C20H19N5O3/c1-28-11-5-9-22-20(27)18-24-17(16-8-2-3-10-25(16)18)19(26)23-15-7-4-6-14(12-15)13-21/h2-4,6-8,10,12H,5,9,11H2,1H3,(H,22,27)(H,23,26). The Morgan fingerprint density at radius 3 is 2.86 bits per heavy atom. The van der Waals surface area contributed by atoms with Gasteiger partial charge in [-0.05, 0) is 36.8 Å². The van der Waals surface area contributed by atoms with Gasteiger partial charge >= 0.3 is 0 Å². The van der Waals surface area contributed by atoms with E-state index in [9.17, 15) is 9.59 Å². The van der Waals surface area contributed by atoms with Gasteiger partial charge in [-0.1, -0.05) is 12.1 Å². The van der Waals surface area contributed by atoms with E-state index in [0.717, 1.165) is 0 Å². The third-order valence-corrected chi connectivity index (χ3v) is 4.03. The molecule has 142 valence electrons. The molecule has 0 fully saturated rings. The summed E-state index contributed by atoms with van der Waals surface area (Å²) in [4.78, 5) is 29.5. The molecule has 28 heavy (non-hydrogen) atoms. The quantitative estimate of drug-likeness (QED) is 0.614. The van der Waals surface area contributed by atoms with Gasteiger partial charge in [0.25, 0.3) is 11.8 Å². The Morgan fingerprint density at radius 2 is 2.07 bits per heavy atom. The van der Waals surface area contributed by atoms with E-state index in [1.807, 2.05) is 6.07 Å². The van der Waals surface area contributed by atoms with E-state index in [1.165, 1.54) is 0 Å². The molecule has 0 saturated carbocycles. The van der Waals surface area contributed by atoms with Crippen molar-refractivity contribution in [2.75, 3.05) is 25.6 Å². The number of anilines is 1. The van der Waals surface area contributed by atoms with E-state index in [-0.39, 0.29) is 17.4 Å². The predicted octanol–water partition coefficient (Wildman–Crippen LogP) is 2.22. The average molecular weight is 377 g/mol. The number of hydrogen-bond donors (Lipinski definition) is 2. The van der Waals surface area contributed by atoms with Crippen molar-refractivity contribution in [1.29, 1.82) is 5.26 Å². The summed E-state index contributed by atoms with van der Waals surface area (Å²) in [7, 11) is 1.60.